The first kappa shape index (κ1) is 22.9. The number of carbonyl (C=O) groups is 5. The van der Waals surface area contributed by atoms with Gasteiger partial charge in [0, 0.05) is 37.2 Å². The number of benzene rings is 1. The lowest BCUT2D eigenvalue weighted by molar-refractivity contribution is -0.137. The van der Waals surface area contributed by atoms with Gasteiger partial charge < -0.3 is 9.64 Å². The standard InChI is InChI=1S/C27H25N5O6/c1-30(16-10-19-22(28-12-16)32(15-3-4-15)25(36)27(19)8-9-27)26(37)38-17-5-2-14-13-31(24(35)18(14)11-17)20-6-7-21(33)29-23(20)34/h2,5,10-12,15,20H,3-4,6-9,13H2,1H3,(H,29,33,34). The van der Waals surface area contributed by atoms with Gasteiger partial charge in [0.25, 0.3) is 5.91 Å². The largest absolute Gasteiger partial charge is 0.419 e. The number of aromatic nitrogens is 1. The van der Waals surface area contributed by atoms with Gasteiger partial charge in [-0.2, -0.15) is 0 Å². The van der Waals surface area contributed by atoms with Crippen molar-refractivity contribution in [3.63, 3.8) is 0 Å². The van der Waals surface area contributed by atoms with E-state index in [0.717, 1.165) is 36.8 Å². The van der Waals surface area contributed by atoms with E-state index in [-0.39, 0.29) is 48.9 Å². The Morgan fingerprint density at radius 1 is 1.13 bits per heavy atom. The maximum atomic E-state index is 13.1. The highest BCUT2D eigenvalue weighted by molar-refractivity contribution is 6.10. The van der Waals surface area contributed by atoms with Crippen LogP contribution in [0.25, 0.3) is 0 Å². The van der Waals surface area contributed by atoms with Crippen LogP contribution >= 0.6 is 0 Å². The van der Waals surface area contributed by atoms with Gasteiger partial charge >= 0.3 is 6.09 Å². The summed E-state index contributed by atoms with van der Waals surface area (Å²) in [7, 11) is 1.57. The SMILES string of the molecule is CN(C(=O)Oc1ccc2c(c1)C(=O)N(C1CCC(=O)NC1=O)C2)c1cnc2c(c1)C1(CC1)C(=O)N2C1CC1. The Kier molecular flexibility index (Phi) is 4.73. The summed E-state index contributed by atoms with van der Waals surface area (Å²) in [4.78, 5) is 72.1. The molecule has 2 aliphatic carbocycles. The van der Waals surface area contributed by atoms with Crippen molar-refractivity contribution in [2.75, 3.05) is 16.8 Å². The molecule has 0 bridgehead atoms. The average Bonchev–Trinajstić information content (AvgIpc) is 3.82. The lowest BCUT2D eigenvalue weighted by atomic mass is 9.99. The molecule has 1 atom stereocenters. The predicted molar refractivity (Wildman–Crippen MR) is 133 cm³/mol. The van der Waals surface area contributed by atoms with Crippen molar-refractivity contribution >= 4 is 41.2 Å². The van der Waals surface area contributed by atoms with E-state index < -0.39 is 23.5 Å². The van der Waals surface area contributed by atoms with Crippen molar-refractivity contribution in [3.05, 3.63) is 47.2 Å². The van der Waals surface area contributed by atoms with E-state index >= 15 is 0 Å². The van der Waals surface area contributed by atoms with E-state index in [0.29, 0.717) is 17.1 Å². The van der Waals surface area contributed by atoms with E-state index in [2.05, 4.69) is 10.3 Å². The molecule has 11 nitrogen and oxygen atoms in total. The number of hydrogen-bond acceptors (Lipinski definition) is 7. The third kappa shape index (κ3) is 3.34. The molecule has 4 heterocycles. The fourth-order valence-corrected chi connectivity index (χ4v) is 5.77. The van der Waals surface area contributed by atoms with Crippen molar-refractivity contribution in [2.24, 2.45) is 0 Å². The van der Waals surface area contributed by atoms with Crippen molar-refractivity contribution in [2.45, 2.75) is 62.6 Å². The molecule has 3 aliphatic heterocycles. The molecule has 194 valence electrons. The molecule has 2 aromatic rings. The van der Waals surface area contributed by atoms with Gasteiger partial charge in [0.1, 0.15) is 17.6 Å². The molecule has 1 unspecified atom stereocenters. The molecule has 1 spiro atoms. The van der Waals surface area contributed by atoms with Crippen molar-refractivity contribution in [3.8, 4) is 5.75 Å². The zero-order valence-corrected chi connectivity index (χ0v) is 20.7. The summed E-state index contributed by atoms with van der Waals surface area (Å²) in [5, 5.41) is 2.28. The Morgan fingerprint density at radius 2 is 1.92 bits per heavy atom. The number of piperidine rings is 1. The van der Waals surface area contributed by atoms with Crippen LogP contribution < -0.4 is 19.9 Å². The van der Waals surface area contributed by atoms with Crippen molar-refractivity contribution in [1.29, 1.82) is 0 Å². The molecule has 5 aliphatic rings. The minimum atomic E-state index is -0.713. The first-order valence-electron chi connectivity index (χ1n) is 12.8. The molecule has 3 fully saturated rings. The van der Waals surface area contributed by atoms with Crippen LogP contribution in [0.4, 0.5) is 16.3 Å². The van der Waals surface area contributed by atoms with Gasteiger partial charge in [0.15, 0.2) is 0 Å². The lowest BCUT2D eigenvalue weighted by Gasteiger charge is -2.29. The summed E-state index contributed by atoms with van der Waals surface area (Å²) < 4.78 is 5.58. The molecule has 5 amide bonds. The molecule has 0 radical (unpaired) electrons. The number of fused-ring (bicyclic) bond motifs is 3. The number of pyridine rings is 1. The average molecular weight is 516 g/mol. The normalized spacial score (nSPS) is 22.9. The molecule has 38 heavy (non-hydrogen) atoms. The number of hydrogen-bond donors (Lipinski definition) is 1. The molecule has 1 aromatic heterocycles. The molecule has 2 saturated carbocycles. The number of imide groups is 1. The third-order valence-electron chi connectivity index (χ3n) is 8.25. The minimum Gasteiger partial charge on any atom is -0.410 e. The number of ether oxygens (including phenoxy) is 1. The van der Waals surface area contributed by atoms with Gasteiger partial charge in [-0.15, -0.1) is 0 Å². The molecule has 7 rings (SSSR count). The van der Waals surface area contributed by atoms with Gasteiger partial charge in [-0.3, -0.25) is 34.3 Å². The number of nitrogens with one attached hydrogen (secondary N) is 1. The van der Waals surface area contributed by atoms with E-state index in [1.807, 2.05) is 11.0 Å². The number of carbonyl (C=O) groups excluding carboxylic acids is 5. The van der Waals surface area contributed by atoms with Gasteiger partial charge in [0.05, 0.1) is 17.3 Å². The first-order chi connectivity index (χ1) is 18.3. The molecule has 1 saturated heterocycles. The Balaban J connectivity index is 1.08. The van der Waals surface area contributed by atoms with E-state index in [4.69, 9.17) is 4.74 Å². The van der Waals surface area contributed by atoms with Crippen LogP contribution in [0.1, 0.15) is 60.0 Å². The predicted octanol–water partition coefficient (Wildman–Crippen LogP) is 2.02. The highest BCUT2D eigenvalue weighted by atomic mass is 16.6. The quantitative estimate of drug-likeness (QED) is 0.617. The second kappa shape index (κ2) is 7.86. The Labute approximate surface area is 217 Å². The van der Waals surface area contributed by atoms with Gasteiger partial charge in [-0.25, -0.2) is 9.78 Å². The third-order valence-corrected chi connectivity index (χ3v) is 8.25. The van der Waals surface area contributed by atoms with Crippen LogP contribution in [0.3, 0.4) is 0 Å². The van der Waals surface area contributed by atoms with Crippen molar-refractivity contribution in [1.82, 2.24) is 15.2 Å². The van der Waals surface area contributed by atoms with Crippen LogP contribution in [0.15, 0.2) is 30.5 Å². The minimum absolute atomic E-state index is 0.124. The molecule has 11 heteroatoms. The molecular formula is C27H25N5O6. The van der Waals surface area contributed by atoms with E-state index in [9.17, 15) is 24.0 Å². The van der Waals surface area contributed by atoms with Crippen LogP contribution in [0.2, 0.25) is 0 Å². The zero-order chi connectivity index (χ0) is 26.3. The monoisotopic (exact) mass is 515 g/mol. The number of nitrogens with zero attached hydrogens (tertiary/aromatic N) is 4. The summed E-state index contributed by atoms with van der Waals surface area (Å²) >= 11 is 0. The molecule has 1 N–H and O–H groups in total. The van der Waals surface area contributed by atoms with Crippen LogP contribution in [0.5, 0.6) is 5.75 Å². The summed E-state index contributed by atoms with van der Waals surface area (Å²) in [5.74, 6) is -0.137. The van der Waals surface area contributed by atoms with Crippen LogP contribution in [-0.2, 0) is 26.3 Å². The fraction of sp³-hybridized carbons (Fsp3) is 0.407. The number of anilines is 2. The van der Waals surface area contributed by atoms with E-state index in [1.54, 1.807) is 25.4 Å². The Bertz CT molecular complexity index is 1460. The Morgan fingerprint density at radius 3 is 2.63 bits per heavy atom. The lowest BCUT2D eigenvalue weighted by Crippen LogP contribution is -2.52. The van der Waals surface area contributed by atoms with Crippen LogP contribution in [0, 0.1) is 0 Å². The van der Waals surface area contributed by atoms with Gasteiger partial charge in [-0.05, 0) is 55.9 Å². The van der Waals surface area contributed by atoms with Gasteiger partial charge in [-0.1, -0.05) is 6.07 Å². The maximum Gasteiger partial charge on any atom is 0.419 e. The second-order valence-electron chi connectivity index (χ2n) is 10.7. The summed E-state index contributed by atoms with van der Waals surface area (Å²) in [6.07, 6.45) is 4.94. The summed E-state index contributed by atoms with van der Waals surface area (Å²) in [5.41, 5.74) is 1.97. The summed E-state index contributed by atoms with van der Waals surface area (Å²) in [6.45, 7) is 0.244. The topological polar surface area (TPSA) is 129 Å². The smallest absolute Gasteiger partial charge is 0.410 e. The van der Waals surface area contributed by atoms with E-state index in [1.165, 1.54) is 15.9 Å². The van der Waals surface area contributed by atoms with Crippen molar-refractivity contribution < 1.29 is 28.7 Å². The highest BCUT2D eigenvalue weighted by Gasteiger charge is 2.62. The zero-order valence-electron chi connectivity index (χ0n) is 20.7. The van der Waals surface area contributed by atoms with Gasteiger partial charge in [0.2, 0.25) is 17.7 Å². The maximum absolute atomic E-state index is 13.1. The second-order valence-corrected chi connectivity index (χ2v) is 10.7. The Hall–Kier alpha value is -4.28. The number of rotatable bonds is 4. The highest BCUT2D eigenvalue weighted by Crippen LogP contribution is 2.59. The summed E-state index contributed by atoms with van der Waals surface area (Å²) in [6, 6.07) is 6.19. The number of amides is 5. The van der Waals surface area contributed by atoms with Crippen LogP contribution in [-0.4, -0.2) is 58.7 Å². The first-order valence-corrected chi connectivity index (χ1v) is 12.8. The molecule has 1 aromatic carbocycles. The fourth-order valence-electron chi connectivity index (χ4n) is 5.77. The molecular weight excluding hydrogens is 490 g/mol.